The van der Waals surface area contributed by atoms with Crippen molar-refractivity contribution in [3.05, 3.63) is 42.2 Å². The Morgan fingerprint density at radius 2 is 1.84 bits per heavy atom. The molecule has 8 nitrogen and oxygen atoms in total. The zero-order chi connectivity index (χ0) is 23.4. The summed E-state index contributed by atoms with van der Waals surface area (Å²) in [7, 11) is -3.88. The van der Waals surface area contributed by atoms with E-state index in [1.54, 1.807) is 25.1 Å². The van der Waals surface area contributed by atoms with Gasteiger partial charge in [0.1, 0.15) is 23.5 Å². The summed E-state index contributed by atoms with van der Waals surface area (Å²) in [6, 6.07) is 8.29. The highest BCUT2D eigenvalue weighted by Gasteiger charge is 2.37. The van der Waals surface area contributed by atoms with E-state index in [4.69, 9.17) is 0 Å². The summed E-state index contributed by atoms with van der Waals surface area (Å²) in [5, 5.41) is 2.80. The molecule has 0 unspecified atom stereocenters. The molecule has 0 bridgehead atoms. The Hall–Kier alpha value is -2.52. The van der Waals surface area contributed by atoms with Gasteiger partial charge in [-0.1, -0.05) is 38.0 Å². The molecule has 2 aromatic rings. The van der Waals surface area contributed by atoms with Crippen LogP contribution < -0.4 is 14.9 Å². The monoisotopic (exact) mass is 459 g/mol. The van der Waals surface area contributed by atoms with Gasteiger partial charge in [0, 0.05) is 19.2 Å². The van der Waals surface area contributed by atoms with Crippen molar-refractivity contribution in [1.82, 2.24) is 14.7 Å². The summed E-state index contributed by atoms with van der Waals surface area (Å²) in [5.41, 5.74) is -0.370. The van der Waals surface area contributed by atoms with Crippen molar-refractivity contribution in [3.63, 3.8) is 0 Å². The van der Waals surface area contributed by atoms with E-state index in [1.165, 1.54) is 18.5 Å². The summed E-state index contributed by atoms with van der Waals surface area (Å²) in [5.74, 6) is 1.37. The zero-order valence-electron chi connectivity index (χ0n) is 19.3. The van der Waals surface area contributed by atoms with Crippen LogP contribution >= 0.6 is 0 Å². The van der Waals surface area contributed by atoms with Gasteiger partial charge in [0.15, 0.2) is 0 Å². The molecule has 0 spiro atoms. The van der Waals surface area contributed by atoms with Crippen molar-refractivity contribution < 1.29 is 13.2 Å². The van der Waals surface area contributed by atoms with E-state index < -0.39 is 21.5 Å². The van der Waals surface area contributed by atoms with Crippen LogP contribution in [0.25, 0.3) is 0 Å². The molecule has 0 radical (unpaired) electrons. The highest BCUT2D eigenvalue weighted by Crippen LogP contribution is 2.24. The van der Waals surface area contributed by atoms with Crippen LogP contribution in [0.5, 0.6) is 0 Å². The average Bonchev–Trinajstić information content (AvgIpc) is 2.74. The Kier molecular flexibility index (Phi) is 7.51. The number of amides is 1. The fourth-order valence-corrected chi connectivity index (χ4v) is 5.26. The normalized spacial score (nSPS) is 17.1. The first kappa shape index (κ1) is 24.1. The van der Waals surface area contributed by atoms with Crippen molar-refractivity contribution in [1.29, 1.82) is 0 Å². The first-order chi connectivity index (χ1) is 15.1. The average molecular weight is 460 g/mol. The Labute approximate surface area is 190 Å². The van der Waals surface area contributed by atoms with Gasteiger partial charge < -0.3 is 10.2 Å². The van der Waals surface area contributed by atoms with E-state index in [0.29, 0.717) is 24.6 Å². The number of aryl methyl sites for hydroxylation is 1. The SMILES string of the molecule is CCC[C@](C)(NS(=O)(=O)c1ccc(C)cc1)C(=O)Nc1cc(N2CCC(C)CC2)ncn1. The molecule has 1 amide bonds. The number of hydrogen-bond acceptors (Lipinski definition) is 6. The second kappa shape index (κ2) is 9.95. The molecule has 0 saturated carbocycles. The third-order valence-corrected chi connectivity index (χ3v) is 7.56. The van der Waals surface area contributed by atoms with Crippen molar-refractivity contribution in [2.24, 2.45) is 5.92 Å². The van der Waals surface area contributed by atoms with Gasteiger partial charge in [-0.3, -0.25) is 4.79 Å². The standard InChI is InChI=1S/C23H33N5O3S/c1-5-12-23(4,27-32(30,31)19-8-6-17(2)7-9-19)22(29)26-20-15-21(25-16-24-20)28-13-10-18(3)11-14-28/h6-9,15-16,18,27H,5,10-14H2,1-4H3,(H,24,25,26,29)/t23-/m0/s1. The second-order valence-corrected chi connectivity index (χ2v) is 10.6. The van der Waals surface area contributed by atoms with Crippen LogP contribution in [0.4, 0.5) is 11.6 Å². The Bertz CT molecular complexity index is 1030. The summed E-state index contributed by atoms with van der Waals surface area (Å²) < 4.78 is 28.5. The Balaban J connectivity index is 1.77. The fraction of sp³-hybridized carbons (Fsp3) is 0.522. The molecule has 1 aromatic carbocycles. The van der Waals surface area contributed by atoms with Crippen molar-refractivity contribution in [2.45, 2.75) is 63.8 Å². The van der Waals surface area contributed by atoms with Gasteiger partial charge in [0.05, 0.1) is 4.90 Å². The molecule has 1 fully saturated rings. The van der Waals surface area contributed by atoms with Crippen LogP contribution in [0, 0.1) is 12.8 Å². The lowest BCUT2D eigenvalue weighted by Crippen LogP contribution is -2.54. The second-order valence-electron chi connectivity index (χ2n) is 8.89. The van der Waals surface area contributed by atoms with Gasteiger partial charge in [-0.25, -0.2) is 18.4 Å². The maximum Gasteiger partial charge on any atom is 0.246 e. The van der Waals surface area contributed by atoms with Crippen LogP contribution in [-0.4, -0.2) is 42.9 Å². The van der Waals surface area contributed by atoms with Crippen LogP contribution in [0.2, 0.25) is 0 Å². The zero-order valence-corrected chi connectivity index (χ0v) is 20.1. The first-order valence-corrected chi connectivity index (χ1v) is 12.6. The van der Waals surface area contributed by atoms with Crippen molar-refractivity contribution >= 4 is 27.6 Å². The quantitative estimate of drug-likeness (QED) is 0.626. The minimum absolute atomic E-state index is 0.127. The predicted molar refractivity (Wildman–Crippen MR) is 126 cm³/mol. The molecule has 9 heteroatoms. The number of nitrogens with one attached hydrogen (secondary N) is 2. The number of aromatic nitrogens is 2. The molecule has 1 atom stereocenters. The number of rotatable bonds is 8. The molecule has 174 valence electrons. The van der Waals surface area contributed by atoms with Gasteiger partial charge >= 0.3 is 0 Å². The number of anilines is 2. The molecule has 32 heavy (non-hydrogen) atoms. The van der Waals surface area contributed by atoms with Crippen LogP contribution in [-0.2, 0) is 14.8 Å². The number of carbonyl (C=O) groups excluding carboxylic acids is 1. The molecular weight excluding hydrogens is 426 g/mol. The molecule has 2 heterocycles. The van der Waals surface area contributed by atoms with Crippen LogP contribution in [0.15, 0.2) is 41.6 Å². The van der Waals surface area contributed by atoms with Crippen LogP contribution in [0.1, 0.15) is 52.0 Å². The third-order valence-electron chi connectivity index (χ3n) is 5.94. The smallest absolute Gasteiger partial charge is 0.246 e. The lowest BCUT2D eigenvalue weighted by molar-refractivity contribution is -0.121. The van der Waals surface area contributed by atoms with E-state index in [2.05, 4.69) is 31.8 Å². The third kappa shape index (κ3) is 5.83. The number of hydrogen-bond donors (Lipinski definition) is 2. The van der Waals surface area contributed by atoms with Gasteiger partial charge in [-0.2, -0.15) is 4.72 Å². The van der Waals surface area contributed by atoms with E-state index in [1.807, 2.05) is 13.8 Å². The molecule has 1 saturated heterocycles. The number of piperidine rings is 1. The number of nitrogens with zero attached hydrogens (tertiary/aromatic N) is 3. The maximum absolute atomic E-state index is 13.2. The number of benzene rings is 1. The van der Waals surface area contributed by atoms with E-state index in [0.717, 1.165) is 37.3 Å². The summed E-state index contributed by atoms with van der Waals surface area (Å²) >= 11 is 0. The molecule has 1 aromatic heterocycles. The topological polar surface area (TPSA) is 104 Å². The Morgan fingerprint density at radius 3 is 2.47 bits per heavy atom. The fourth-order valence-electron chi connectivity index (χ4n) is 3.86. The Morgan fingerprint density at radius 1 is 1.19 bits per heavy atom. The summed E-state index contributed by atoms with van der Waals surface area (Å²) in [6.45, 7) is 9.47. The lowest BCUT2D eigenvalue weighted by Gasteiger charge is -2.31. The lowest BCUT2D eigenvalue weighted by atomic mass is 9.96. The van der Waals surface area contributed by atoms with E-state index in [9.17, 15) is 13.2 Å². The number of sulfonamides is 1. The predicted octanol–water partition coefficient (Wildman–Crippen LogP) is 3.50. The molecule has 1 aliphatic heterocycles. The van der Waals surface area contributed by atoms with Crippen LogP contribution in [0.3, 0.4) is 0 Å². The minimum Gasteiger partial charge on any atom is -0.356 e. The minimum atomic E-state index is -3.88. The van der Waals surface area contributed by atoms with E-state index in [-0.39, 0.29) is 4.90 Å². The van der Waals surface area contributed by atoms with Gasteiger partial charge in [-0.05, 0) is 51.2 Å². The van der Waals surface area contributed by atoms with Gasteiger partial charge in [-0.15, -0.1) is 0 Å². The first-order valence-electron chi connectivity index (χ1n) is 11.1. The molecule has 2 N–H and O–H groups in total. The summed E-state index contributed by atoms with van der Waals surface area (Å²) in [6.07, 6.45) is 4.59. The van der Waals surface area contributed by atoms with Gasteiger partial charge in [0.2, 0.25) is 15.9 Å². The van der Waals surface area contributed by atoms with E-state index >= 15 is 0 Å². The summed E-state index contributed by atoms with van der Waals surface area (Å²) in [4.78, 5) is 24.0. The molecule has 1 aliphatic rings. The molecule has 0 aliphatic carbocycles. The highest BCUT2D eigenvalue weighted by molar-refractivity contribution is 7.89. The molecular formula is C23H33N5O3S. The maximum atomic E-state index is 13.2. The molecule has 3 rings (SSSR count). The van der Waals surface area contributed by atoms with Gasteiger partial charge in [0.25, 0.3) is 0 Å². The number of carbonyl (C=O) groups is 1. The van der Waals surface area contributed by atoms with Crippen molar-refractivity contribution in [3.8, 4) is 0 Å². The largest absolute Gasteiger partial charge is 0.356 e. The van der Waals surface area contributed by atoms with Crippen molar-refractivity contribution in [2.75, 3.05) is 23.3 Å². The highest BCUT2D eigenvalue weighted by atomic mass is 32.2.